The molecular formula is C13H15N3O. The molecule has 0 saturated carbocycles. The second kappa shape index (κ2) is 4.41. The highest BCUT2D eigenvalue weighted by Gasteiger charge is 2.09. The Morgan fingerprint density at radius 3 is 2.59 bits per heavy atom. The van der Waals surface area contributed by atoms with Crippen LogP contribution in [0.5, 0.6) is 5.75 Å². The zero-order valence-corrected chi connectivity index (χ0v) is 10.2. The molecule has 4 nitrogen and oxygen atoms in total. The molecule has 1 heterocycles. The molecule has 0 radical (unpaired) electrons. The summed E-state index contributed by atoms with van der Waals surface area (Å²) in [5.41, 5.74) is 9.57. The van der Waals surface area contributed by atoms with Crippen LogP contribution in [0.2, 0.25) is 0 Å². The molecule has 0 aliphatic rings. The average molecular weight is 229 g/mol. The molecule has 1 aromatic heterocycles. The van der Waals surface area contributed by atoms with Crippen LogP contribution in [0.4, 0.5) is 5.82 Å². The fourth-order valence-corrected chi connectivity index (χ4v) is 1.67. The van der Waals surface area contributed by atoms with Gasteiger partial charge in [0.15, 0.2) is 0 Å². The summed E-state index contributed by atoms with van der Waals surface area (Å²) >= 11 is 0. The normalized spacial score (nSPS) is 10.3. The smallest absolute Gasteiger partial charge is 0.149 e. The topological polar surface area (TPSA) is 61.0 Å². The number of aromatic nitrogens is 2. The highest BCUT2D eigenvalue weighted by Crippen LogP contribution is 2.27. The first-order valence-corrected chi connectivity index (χ1v) is 5.37. The molecule has 2 rings (SSSR count). The van der Waals surface area contributed by atoms with Crippen LogP contribution in [0.25, 0.3) is 11.3 Å². The van der Waals surface area contributed by atoms with Gasteiger partial charge in [-0.1, -0.05) is 12.1 Å². The summed E-state index contributed by atoms with van der Waals surface area (Å²) in [5.74, 6) is 1.28. The summed E-state index contributed by atoms with van der Waals surface area (Å²) in [6.07, 6.45) is 0. The van der Waals surface area contributed by atoms with E-state index >= 15 is 0 Å². The molecular weight excluding hydrogens is 214 g/mol. The third kappa shape index (κ3) is 2.06. The molecule has 0 amide bonds. The van der Waals surface area contributed by atoms with Gasteiger partial charge in [0.1, 0.15) is 11.6 Å². The Morgan fingerprint density at radius 2 is 1.88 bits per heavy atom. The first kappa shape index (κ1) is 11.4. The zero-order chi connectivity index (χ0) is 12.4. The molecule has 4 heteroatoms. The summed E-state index contributed by atoms with van der Waals surface area (Å²) in [7, 11) is 1.64. The van der Waals surface area contributed by atoms with E-state index in [-0.39, 0.29) is 0 Å². The van der Waals surface area contributed by atoms with Crippen molar-refractivity contribution in [3.05, 3.63) is 35.4 Å². The Morgan fingerprint density at radius 1 is 1.12 bits per heavy atom. The van der Waals surface area contributed by atoms with E-state index in [9.17, 15) is 0 Å². The molecule has 1 aromatic carbocycles. The third-order valence-electron chi connectivity index (χ3n) is 2.90. The van der Waals surface area contributed by atoms with Gasteiger partial charge in [-0.25, -0.2) is 0 Å². The van der Waals surface area contributed by atoms with E-state index in [1.165, 1.54) is 0 Å². The lowest BCUT2D eigenvalue weighted by Crippen LogP contribution is -2.02. The number of anilines is 1. The number of nitrogen functional groups attached to an aromatic ring is 1. The highest BCUT2D eigenvalue weighted by atomic mass is 16.5. The monoisotopic (exact) mass is 229 g/mol. The number of benzene rings is 1. The number of nitrogens with two attached hydrogens (primary N) is 1. The Labute approximate surface area is 100 Å². The summed E-state index contributed by atoms with van der Waals surface area (Å²) in [6.45, 7) is 3.94. The van der Waals surface area contributed by atoms with Crippen LogP contribution in [-0.4, -0.2) is 17.3 Å². The number of hydrogen-bond acceptors (Lipinski definition) is 4. The van der Waals surface area contributed by atoms with Crippen LogP contribution in [0.15, 0.2) is 24.3 Å². The van der Waals surface area contributed by atoms with Crippen molar-refractivity contribution in [2.75, 3.05) is 12.8 Å². The van der Waals surface area contributed by atoms with Crippen molar-refractivity contribution in [1.29, 1.82) is 0 Å². The van der Waals surface area contributed by atoms with E-state index in [2.05, 4.69) is 10.2 Å². The summed E-state index contributed by atoms with van der Waals surface area (Å²) in [5, 5.41) is 8.11. The van der Waals surface area contributed by atoms with Gasteiger partial charge in [0.05, 0.1) is 12.8 Å². The zero-order valence-electron chi connectivity index (χ0n) is 10.2. The minimum atomic E-state index is 0.481. The van der Waals surface area contributed by atoms with Gasteiger partial charge in [-0.2, -0.15) is 0 Å². The predicted octanol–water partition coefficient (Wildman–Crippen LogP) is 2.35. The number of nitrogens with zero attached hydrogens (tertiary/aromatic N) is 2. The van der Waals surface area contributed by atoms with Crippen LogP contribution < -0.4 is 10.5 Å². The molecule has 0 atom stereocenters. The molecule has 0 saturated heterocycles. The Hall–Kier alpha value is -2.10. The van der Waals surface area contributed by atoms with Crippen LogP contribution in [0, 0.1) is 13.8 Å². The van der Waals surface area contributed by atoms with Gasteiger partial charge in [-0.3, -0.25) is 0 Å². The Bertz CT molecular complexity index is 552. The van der Waals surface area contributed by atoms with Crippen molar-refractivity contribution in [2.24, 2.45) is 0 Å². The lowest BCUT2D eigenvalue weighted by atomic mass is 10.0. The van der Waals surface area contributed by atoms with Gasteiger partial charge >= 0.3 is 0 Å². The maximum absolute atomic E-state index is 5.73. The lowest BCUT2D eigenvalue weighted by molar-refractivity contribution is 0.415. The van der Waals surface area contributed by atoms with E-state index < -0.39 is 0 Å². The van der Waals surface area contributed by atoms with Crippen molar-refractivity contribution < 1.29 is 4.74 Å². The number of ether oxygens (including phenoxy) is 1. The van der Waals surface area contributed by atoms with Gasteiger partial charge in [0.2, 0.25) is 0 Å². The van der Waals surface area contributed by atoms with E-state index in [0.717, 1.165) is 28.1 Å². The van der Waals surface area contributed by atoms with E-state index in [1.54, 1.807) is 7.11 Å². The maximum atomic E-state index is 5.73. The number of methoxy groups -OCH3 is 1. The van der Waals surface area contributed by atoms with E-state index in [4.69, 9.17) is 10.5 Å². The first-order valence-electron chi connectivity index (χ1n) is 5.37. The van der Waals surface area contributed by atoms with Crippen molar-refractivity contribution in [2.45, 2.75) is 13.8 Å². The fourth-order valence-electron chi connectivity index (χ4n) is 1.67. The molecule has 0 aliphatic heterocycles. The van der Waals surface area contributed by atoms with Crippen LogP contribution in [0.3, 0.4) is 0 Å². The second-order valence-electron chi connectivity index (χ2n) is 3.92. The van der Waals surface area contributed by atoms with Gasteiger partial charge in [0.25, 0.3) is 0 Å². The molecule has 2 N–H and O–H groups in total. The van der Waals surface area contributed by atoms with Crippen molar-refractivity contribution in [3.8, 4) is 17.0 Å². The van der Waals surface area contributed by atoms with Gasteiger partial charge < -0.3 is 10.5 Å². The van der Waals surface area contributed by atoms with E-state index in [0.29, 0.717) is 5.82 Å². The molecule has 0 spiro atoms. The quantitative estimate of drug-likeness (QED) is 0.858. The van der Waals surface area contributed by atoms with Crippen molar-refractivity contribution in [3.63, 3.8) is 0 Å². The standard InChI is InChI=1S/C13H15N3O/c1-8-9(2)13(14)16-15-12(8)10-5-4-6-11(7-10)17-3/h4-7H,1-3H3,(H2,14,16). The number of hydrogen-bond donors (Lipinski definition) is 1. The fraction of sp³-hybridized carbons (Fsp3) is 0.231. The van der Waals surface area contributed by atoms with Gasteiger partial charge in [-0.15, -0.1) is 10.2 Å². The van der Waals surface area contributed by atoms with Gasteiger partial charge in [0, 0.05) is 5.56 Å². The molecule has 2 aromatic rings. The van der Waals surface area contributed by atoms with Gasteiger partial charge in [-0.05, 0) is 37.1 Å². The van der Waals surface area contributed by atoms with Crippen LogP contribution in [0.1, 0.15) is 11.1 Å². The Kier molecular flexibility index (Phi) is 2.95. The van der Waals surface area contributed by atoms with E-state index in [1.807, 2.05) is 38.1 Å². The molecule has 0 unspecified atom stereocenters. The minimum Gasteiger partial charge on any atom is -0.497 e. The summed E-state index contributed by atoms with van der Waals surface area (Å²) in [6, 6.07) is 7.75. The third-order valence-corrected chi connectivity index (χ3v) is 2.90. The summed E-state index contributed by atoms with van der Waals surface area (Å²) in [4.78, 5) is 0. The van der Waals surface area contributed by atoms with Crippen molar-refractivity contribution >= 4 is 5.82 Å². The second-order valence-corrected chi connectivity index (χ2v) is 3.92. The average Bonchev–Trinajstić information content (AvgIpc) is 2.36. The molecule has 0 fully saturated rings. The Balaban J connectivity index is 2.56. The van der Waals surface area contributed by atoms with Crippen molar-refractivity contribution in [1.82, 2.24) is 10.2 Å². The predicted molar refractivity (Wildman–Crippen MR) is 67.9 cm³/mol. The first-order chi connectivity index (χ1) is 8.13. The molecule has 88 valence electrons. The maximum Gasteiger partial charge on any atom is 0.149 e. The molecule has 0 bridgehead atoms. The lowest BCUT2D eigenvalue weighted by Gasteiger charge is -2.09. The molecule has 17 heavy (non-hydrogen) atoms. The summed E-state index contributed by atoms with van der Waals surface area (Å²) < 4.78 is 5.20. The molecule has 0 aliphatic carbocycles. The van der Waals surface area contributed by atoms with Crippen LogP contribution >= 0.6 is 0 Å². The largest absolute Gasteiger partial charge is 0.497 e. The highest BCUT2D eigenvalue weighted by molar-refractivity contribution is 5.67. The minimum absolute atomic E-state index is 0.481. The SMILES string of the molecule is COc1cccc(-c2nnc(N)c(C)c2C)c1. The van der Waals surface area contributed by atoms with Crippen LogP contribution in [-0.2, 0) is 0 Å². The number of rotatable bonds is 2.